The number of hydrogen-bond donors (Lipinski definition) is 0. The van der Waals surface area contributed by atoms with Crippen molar-refractivity contribution in [2.24, 2.45) is 4.99 Å². The predicted molar refractivity (Wildman–Crippen MR) is 181 cm³/mol. The van der Waals surface area contributed by atoms with Crippen LogP contribution in [0.4, 0.5) is 5.69 Å². The lowest BCUT2D eigenvalue weighted by Crippen LogP contribution is -2.40. The molecule has 2 aromatic heterocycles. The van der Waals surface area contributed by atoms with Crippen molar-refractivity contribution in [1.29, 1.82) is 0 Å². The number of nitro benzene ring substituents is 1. The summed E-state index contributed by atoms with van der Waals surface area (Å²) in [4.78, 5) is 53.8. The fourth-order valence-corrected chi connectivity index (χ4v) is 7.04. The monoisotopic (exact) mass is 663 g/mol. The summed E-state index contributed by atoms with van der Waals surface area (Å²) in [7, 11) is 0. The van der Waals surface area contributed by atoms with E-state index in [1.807, 2.05) is 54.6 Å². The molecule has 0 spiro atoms. The van der Waals surface area contributed by atoms with Crippen LogP contribution in [-0.2, 0) is 9.53 Å². The second kappa shape index (κ2) is 13.7. The SMILES string of the molecule is CCOC(=O)C1=C(c2ccccc2)N=c2s/c(=C/c3cc([N+](=O)[O-])ccc3Sc3ncccn3)c(=O)n2[C@@H]1c1ccc(C(C)C)cc1. The first kappa shape index (κ1) is 31.8. The van der Waals surface area contributed by atoms with Gasteiger partial charge < -0.3 is 4.74 Å². The number of nitrogens with zero attached hydrogens (tertiary/aromatic N) is 5. The van der Waals surface area contributed by atoms with E-state index in [9.17, 15) is 19.7 Å². The highest BCUT2D eigenvalue weighted by atomic mass is 32.2. The summed E-state index contributed by atoms with van der Waals surface area (Å²) < 4.78 is 7.37. The van der Waals surface area contributed by atoms with Crippen LogP contribution in [0.2, 0.25) is 0 Å². The van der Waals surface area contributed by atoms with Crippen molar-refractivity contribution in [3.63, 3.8) is 0 Å². The number of benzene rings is 3. The molecule has 10 nitrogen and oxygen atoms in total. The van der Waals surface area contributed by atoms with Gasteiger partial charge in [-0.1, -0.05) is 79.8 Å². The van der Waals surface area contributed by atoms with Crippen molar-refractivity contribution in [1.82, 2.24) is 14.5 Å². The van der Waals surface area contributed by atoms with E-state index < -0.39 is 16.9 Å². The quantitative estimate of drug-likeness (QED) is 0.0824. The molecule has 0 saturated heterocycles. The molecule has 0 radical (unpaired) electrons. The van der Waals surface area contributed by atoms with Gasteiger partial charge in [-0.2, -0.15) is 0 Å². The second-order valence-electron chi connectivity index (χ2n) is 10.9. The summed E-state index contributed by atoms with van der Waals surface area (Å²) in [6.07, 6.45) is 4.84. The molecule has 0 saturated carbocycles. The number of hydrogen-bond acceptors (Lipinski definition) is 10. The number of rotatable bonds is 9. The Labute approximate surface area is 278 Å². The van der Waals surface area contributed by atoms with E-state index in [0.717, 1.165) is 22.5 Å². The van der Waals surface area contributed by atoms with Gasteiger partial charge in [-0.15, -0.1) is 0 Å². The molecule has 12 heteroatoms. The Hall–Kier alpha value is -5.20. The fraction of sp³-hybridized carbons (Fsp3) is 0.171. The number of non-ortho nitro benzene ring substituents is 1. The predicted octanol–water partition coefficient (Wildman–Crippen LogP) is 5.91. The van der Waals surface area contributed by atoms with Crippen LogP contribution in [0.25, 0.3) is 11.8 Å². The summed E-state index contributed by atoms with van der Waals surface area (Å²) >= 11 is 2.38. The van der Waals surface area contributed by atoms with Crippen LogP contribution in [0.15, 0.2) is 117 Å². The molecule has 47 heavy (non-hydrogen) atoms. The third-order valence-corrected chi connectivity index (χ3v) is 9.49. The topological polar surface area (TPSA) is 130 Å². The third-order valence-electron chi connectivity index (χ3n) is 7.53. The van der Waals surface area contributed by atoms with Gasteiger partial charge in [0.2, 0.25) is 0 Å². The molecule has 0 fully saturated rings. The molecule has 1 aliphatic rings. The van der Waals surface area contributed by atoms with Crippen molar-refractivity contribution < 1.29 is 14.5 Å². The van der Waals surface area contributed by atoms with Gasteiger partial charge in [-0.25, -0.2) is 19.8 Å². The van der Waals surface area contributed by atoms with E-state index in [1.165, 1.54) is 28.5 Å². The summed E-state index contributed by atoms with van der Waals surface area (Å²) in [5.74, 6) is -0.281. The summed E-state index contributed by atoms with van der Waals surface area (Å²) in [5, 5.41) is 12.2. The van der Waals surface area contributed by atoms with E-state index in [1.54, 1.807) is 37.5 Å². The Bertz CT molecular complexity index is 2180. The van der Waals surface area contributed by atoms with E-state index in [-0.39, 0.29) is 29.3 Å². The van der Waals surface area contributed by atoms with E-state index in [4.69, 9.17) is 9.73 Å². The number of nitro groups is 1. The van der Waals surface area contributed by atoms with Gasteiger partial charge in [0.15, 0.2) is 9.96 Å². The molecule has 0 N–H and O–H groups in total. The second-order valence-corrected chi connectivity index (χ2v) is 12.9. The molecule has 3 heterocycles. The lowest BCUT2D eigenvalue weighted by Gasteiger charge is -2.26. The summed E-state index contributed by atoms with van der Waals surface area (Å²) in [6.45, 7) is 6.07. The van der Waals surface area contributed by atoms with Gasteiger partial charge in [0.05, 0.1) is 33.4 Å². The van der Waals surface area contributed by atoms with Gasteiger partial charge in [-0.3, -0.25) is 19.5 Å². The number of aromatic nitrogens is 3. The number of thiazole rings is 1. The minimum Gasteiger partial charge on any atom is -0.463 e. The van der Waals surface area contributed by atoms with Crippen molar-refractivity contribution in [3.05, 3.63) is 149 Å². The molecule has 0 amide bonds. The van der Waals surface area contributed by atoms with Crippen LogP contribution in [0.1, 0.15) is 55.0 Å². The Morgan fingerprint density at radius 1 is 1.06 bits per heavy atom. The lowest BCUT2D eigenvalue weighted by atomic mass is 9.91. The van der Waals surface area contributed by atoms with Gasteiger partial charge in [0.1, 0.15) is 0 Å². The number of carbonyl (C=O) groups excluding carboxylic acids is 1. The Morgan fingerprint density at radius 3 is 2.45 bits per heavy atom. The number of fused-ring (bicyclic) bond motifs is 1. The van der Waals surface area contributed by atoms with Gasteiger partial charge in [-0.05, 0) is 59.5 Å². The van der Waals surface area contributed by atoms with Crippen LogP contribution in [0.5, 0.6) is 0 Å². The zero-order chi connectivity index (χ0) is 33.1. The molecule has 3 aromatic carbocycles. The number of ether oxygens (including phenoxy) is 1. The van der Waals surface area contributed by atoms with Crippen molar-refractivity contribution >= 4 is 46.5 Å². The molecule has 1 aliphatic heterocycles. The normalized spacial score (nSPS) is 14.6. The first-order valence-electron chi connectivity index (χ1n) is 14.9. The fourth-order valence-electron chi connectivity index (χ4n) is 5.25. The van der Waals surface area contributed by atoms with Crippen molar-refractivity contribution in [2.75, 3.05) is 6.61 Å². The third kappa shape index (κ3) is 6.56. The summed E-state index contributed by atoms with van der Waals surface area (Å²) in [6, 6.07) is 22.5. The van der Waals surface area contributed by atoms with Crippen LogP contribution in [0.3, 0.4) is 0 Å². The highest BCUT2D eigenvalue weighted by Crippen LogP contribution is 2.36. The number of carbonyl (C=O) groups is 1. The van der Waals surface area contributed by atoms with Crippen molar-refractivity contribution in [3.8, 4) is 0 Å². The van der Waals surface area contributed by atoms with E-state index in [0.29, 0.717) is 36.2 Å². The standard InChI is InChI=1S/C35H29N5O5S2/c1-4-45-33(42)29-30(23-9-6-5-7-10-23)38-35-39(31(29)24-13-11-22(12-14-24)21(2)3)32(41)28(47-35)20-25-19-26(40(43)44)15-16-27(25)46-34-36-17-8-18-37-34/h5-21,31H,4H2,1-3H3/b28-20+/t31-/m1/s1. The molecule has 0 bridgehead atoms. The minimum absolute atomic E-state index is 0.124. The summed E-state index contributed by atoms with van der Waals surface area (Å²) in [5.41, 5.74) is 3.15. The molecule has 236 valence electrons. The highest BCUT2D eigenvalue weighted by Gasteiger charge is 2.35. The van der Waals surface area contributed by atoms with Crippen molar-refractivity contribution in [2.45, 2.75) is 42.8 Å². The highest BCUT2D eigenvalue weighted by molar-refractivity contribution is 7.99. The maximum absolute atomic E-state index is 14.4. The van der Waals surface area contributed by atoms with Crippen LogP contribution in [0, 0.1) is 10.1 Å². The van der Waals surface area contributed by atoms with Crippen LogP contribution < -0.4 is 14.9 Å². The largest absolute Gasteiger partial charge is 0.463 e. The zero-order valence-corrected chi connectivity index (χ0v) is 27.3. The Kier molecular flexibility index (Phi) is 9.23. The van der Waals surface area contributed by atoms with Gasteiger partial charge in [0, 0.05) is 35.0 Å². The molecular formula is C35H29N5O5S2. The van der Waals surface area contributed by atoms with Crippen LogP contribution >= 0.6 is 23.1 Å². The molecule has 0 aliphatic carbocycles. The van der Waals surface area contributed by atoms with Gasteiger partial charge in [0.25, 0.3) is 11.2 Å². The first-order valence-corrected chi connectivity index (χ1v) is 16.5. The van der Waals surface area contributed by atoms with E-state index >= 15 is 0 Å². The molecule has 5 aromatic rings. The number of esters is 1. The Balaban J connectivity index is 1.61. The maximum atomic E-state index is 14.4. The Morgan fingerprint density at radius 2 is 1.79 bits per heavy atom. The zero-order valence-electron chi connectivity index (χ0n) is 25.7. The average Bonchev–Trinajstić information content (AvgIpc) is 3.39. The average molecular weight is 664 g/mol. The maximum Gasteiger partial charge on any atom is 0.338 e. The van der Waals surface area contributed by atoms with E-state index in [2.05, 4.69) is 23.8 Å². The molecule has 6 rings (SSSR count). The molecule has 0 unspecified atom stereocenters. The lowest BCUT2D eigenvalue weighted by molar-refractivity contribution is -0.384. The first-order chi connectivity index (χ1) is 22.7. The minimum atomic E-state index is -0.833. The smallest absolute Gasteiger partial charge is 0.338 e. The van der Waals surface area contributed by atoms with Gasteiger partial charge >= 0.3 is 5.97 Å². The van der Waals surface area contributed by atoms with Crippen LogP contribution in [-0.4, -0.2) is 32.0 Å². The molecular weight excluding hydrogens is 635 g/mol. The molecule has 1 atom stereocenters.